The molecule has 6 fully saturated rings. The third kappa shape index (κ3) is 7.26. The summed E-state index contributed by atoms with van der Waals surface area (Å²) in [5.41, 5.74) is -3.21. The fourth-order valence-corrected chi connectivity index (χ4v) is 13.3. The van der Waals surface area contributed by atoms with Gasteiger partial charge in [0.2, 0.25) is 0 Å². The molecule has 14 heteroatoms. The summed E-state index contributed by atoms with van der Waals surface area (Å²) >= 11 is 0. The van der Waals surface area contributed by atoms with E-state index in [0.29, 0.717) is 25.7 Å². The lowest BCUT2D eigenvalue weighted by atomic mass is 9.35. The standard InChI is InChI=1S/C42H72O14/c1-37(2,52)13-9-14-42(8,56-36-34(51)32(49)30(47)24(20-44)54-36)21-10-16-41(7)28(21)22(45)18-26-39(5)15-12-27(38(3,4)25(39)11-17-40(26,41)6)55-35-33(50)31(48)29(46)23(19-43)53-35/h9,13,21-36,43-52H,10-12,14-20H2,1-8H3/t21-,22+,23+,24+,25-,26+,27-,28-,29+,30+,31-,32-,33+,34+,35-,36-,39-,40+,41+,42-/m0/s1. The second-order valence-corrected chi connectivity index (χ2v) is 20.5. The van der Waals surface area contributed by atoms with Crippen LogP contribution in [0, 0.1) is 45.3 Å². The van der Waals surface area contributed by atoms with Crippen LogP contribution in [0.5, 0.6) is 0 Å². The van der Waals surface area contributed by atoms with Crippen molar-refractivity contribution in [1.82, 2.24) is 0 Å². The summed E-state index contributed by atoms with van der Waals surface area (Å²) in [4.78, 5) is 0. The molecule has 14 nitrogen and oxygen atoms in total. The van der Waals surface area contributed by atoms with E-state index >= 15 is 0 Å². The first kappa shape index (κ1) is 44.7. The van der Waals surface area contributed by atoms with Gasteiger partial charge in [0.1, 0.15) is 48.8 Å². The highest BCUT2D eigenvalue weighted by Gasteiger charge is 2.72. The van der Waals surface area contributed by atoms with E-state index in [1.807, 2.05) is 13.0 Å². The molecule has 20 atom stereocenters. The van der Waals surface area contributed by atoms with Crippen LogP contribution in [0.2, 0.25) is 0 Å². The van der Waals surface area contributed by atoms with Crippen LogP contribution >= 0.6 is 0 Å². The minimum Gasteiger partial charge on any atom is -0.394 e. The summed E-state index contributed by atoms with van der Waals surface area (Å²) in [6, 6.07) is 0. The number of hydrogen-bond donors (Lipinski definition) is 10. The van der Waals surface area contributed by atoms with Crippen molar-refractivity contribution in [2.75, 3.05) is 13.2 Å². The minimum absolute atomic E-state index is 0.156. The maximum Gasteiger partial charge on any atom is 0.187 e. The number of aliphatic hydroxyl groups is 10. The van der Waals surface area contributed by atoms with Gasteiger partial charge in [0.25, 0.3) is 0 Å². The highest BCUT2D eigenvalue weighted by Crippen LogP contribution is 2.76. The van der Waals surface area contributed by atoms with Crippen LogP contribution in [-0.4, -0.2) is 149 Å². The molecule has 2 heterocycles. The zero-order valence-electron chi connectivity index (χ0n) is 34.6. The maximum absolute atomic E-state index is 12.5. The van der Waals surface area contributed by atoms with E-state index in [9.17, 15) is 51.1 Å². The van der Waals surface area contributed by atoms with E-state index < -0.39 is 97.3 Å². The Kier molecular flexibility index (Phi) is 12.4. The number of hydrogen-bond acceptors (Lipinski definition) is 14. The van der Waals surface area contributed by atoms with Crippen molar-refractivity contribution in [1.29, 1.82) is 0 Å². The van der Waals surface area contributed by atoms with Crippen molar-refractivity contribution >= 4 is 0 Å². The van der Waals surface area contributed by atoms with Gasteiger partial charge >= 0.3 is 0 Å². The molecule has 4 aliphatic carbocycles. The molecule has 2 aliphatic heterocycles. The Morgan fingerprint density at radius 3 is 1.80 bits per heavy atom. The molecule has 0 amide bonds. The van der Waals surface area contributed by atoms with Crippen molar-refractivity contribution in [3.8, 4) is 0 Å². The normalized spacial score (nSPS) is 51.9. The average molecular weight is 801 g/mol. The summed E-state index contributed by atoms with van der Waals surface area (Å²) in [5.74, 6) is -0.0751. The van der Waals surface area contributed by atoms with Crippen LogP contribution in [0.3, 0.4) is 0 Å². The maximum atomic E-state index is 12.5. The number of aliphatic hydroxyl groups excluding tert-OH is 9. The summed E-state index contributed by atoms with van der Waals surface area (Å²) in [6.07, 6.45) is -5.76. The van der Waals surface area contributed by atoms with E-state index in [4.69, 9.17) is 18.9 Å². The van der Waals surface area contributed by atoms with Gasteiger partial charge in [0.15, 0.2) is 12.6 Å². The van der Waals surface area contributed by atoms with E-state index in [0.717, 1.165) is 25.7 Å². The van der Waals surface area contributed by atoms with E-state index in [2.05, 4.69) is 34.6 Å². The van der Waals surface area contributed by atoms with E-state index in [-0.39, 0.29) is 46.0 Å². The van der Waals surface area contributed by atoms with Crippen LogP contribution in [0.15, 0.2) is 12.2 Å². The van der Waals surface area contributed by atoms with Crippen molar-refractivity contribution < 1.29 is 70.0 Å². The molecule has 2 saturated heterocycles. The summed E-state index contributed by atoms with van der Waals surface area (Å²) in [5, 5.41) is 106. The predicted molar refractivity (Wildman–Crippen MR) is 202 cm³/mol. The molecule has 10 N–H and O–H groups in total. The van der Waals surface area contributed by atoms with Crippen LogP contribution in [0.1, 0.15) is 107 Å². The summed E-state index contributed by atoms with van der Waals surface area (Å²) in [7, 11) is 0. The molecule has 324 valence electrons. The second kappa shape index (κ2) is 15.6. The lowest BCUT2D eigenvalue weighted by molar-refractivity contribution is -0.337. The van der Waals surface area contributed by atoms with Gasteiger partial charge in [-0.25, -0.2) is 0 Å². The minimum atomic E-state index is -1.60. The molecule has 0 radical (unpaired) electrons. The Hall–Kier alpha value is -0.820. The molecule has 0 aromatic carbocycles. The zero-order chi connectivity index (χ0) is 41.6. The monoisotopic (exact) mass is 800 g/mol. The second-order valence-electron chi connectivity index (χ2n) is 20.5. The zero-order valence-corrected chi connectivity index (χ0v) is 34.6. The first-order chi connectivity index (χ1) is 25.9. The molecule has 6 aliphatic rings. The third-order valence-corrected chi connectivity index (χ3v) is 16.5. The Balaban J connectivity index is 1.27. The SMILES string of the molecule is CC(C)(O)C=CC[C@](C)(O[C@@H]1O[C@H](CO)[C@@H](O)[C@H](O)[C@H]1O)[C@H]1CC[C@]2(C)[C@@H]1[C@H](O)C[C@@H]1[C@@]3(C)CC[C@H](O[C@@H]4O[C@H](CO)[C@@H](O)[C@H](O)[C@H]4O)C(C)(C)[C@@H]3CC[C@]12C. The van der Waals surface area contributed by atoms with Crippen molar-refractivity contribution in [3.05, 3.63) is 12.2 Å². The molecule has 0 aromatic rings. The fraction of sp³-hybridized carbons (Fsp3) is 0.952. The molecule has 56 heavy (non-hydrogen) atoms. The van der Waals surface area contributed by atoms with E-state index in [1.165, 1.54) is 0 Å². The molecule has 0 unspecified atom stereocenters. The Labute approximate surface area is 331 Å². The first-order valence-electron chi connectivity index (χ1n) is 20.9. The molecule has 4 saturated carbocycles. The predicted octanol–water partition coefficient (Wildman–Crippen LogP) is 1.12. The van der Waals surface area contributed by atoms with Gasteiger partial charge in [-0.1, -0.05) is 46.8 Å². The van der Waals surface area contributed by atoms with Gasteiger partial charge in [-0.05, 0) is 117 Å². The third-order valence-electron chi connectivity index (χ3n) is 16.5. The smallest absolute Gasteiger partial charge is 0.187 e. The molecule has 6 rings (SSSR count). The van der Waals surface area contributed by atoms with Gasteiger partial charge in [0, 0.05) is 0 Å². The number of fused-ring (bicyclic) bond motifs is 5. The fourth-order valence-electron chi connectivity index (χ4n) is 13.3. The van der Waals surface area contributed by atoms with Crippen LogP contribution in [0.4, 0.5) is 0 Å². The summed E-state index contributed by atoms with van der Waals surface area (Å²) < 4.78 is 24.8. The van der Waals surface area contributed by atoms with Gasteiger partial charge in [-0.2, -0.15) is 0 Å². The van der Waals surface area contributed by atoms with Gasteiger partial charge in [0.05, 0.1) is 36.6 Å². The lowest BCUT2D eigenvalue weighted by Crippen LogP contribution is -2.67. The Morgan fingerprint density at radius 1 is 0.679 bits per heavy atom. The molecular formula is C42H72O14. The van der Waals surface area contributed by atoms with E-state index in [1.54, 1.807) is 19.9 Å². The largest absolute Gasteiger partial charge is 0.394 e. The first-order valence-corrected chi connectivity index (χ1v) is 20.9. The van der Waals surface area contributed by atoms with Crippen LogP contribution in [-0.2, 0) is 18.9 Å². The lowest BCUT2D eigenvalue weighted by Gasteiger charge is -2.71. The van der Waals surface area contributed by atoms with Crippen LogP contribution in [0.25, 0.3) is 0 Å². The molecular weight excluding hydrogens is 728 g/mol. The van der Waals surface area contributed by atoms with Gasteiger partial charge in [-0.3, -0.25) is 0 Å². The highest BCUT2D eigenvalue weighted by atomic mass is 16.7. The van der Waals surface area contributed by atoms with Gasteiger partial charge < -0.3 is 70.0 Å². The van der Waals surface area contributed by atoms with Crippen molar-refractivity contribution in [3.63, 3.8) is 0 Å². The quantitative estimate of drug-likeness (QED) is 0.110. The highest BCUT2D eigenvalue weighted by molar-refractivity contribution is 5.21. The average Bonchev–Trinajstić information content (AvgIpc) is 3.50. The molecule has 0 spiro atoms. The van der Waals surface area contributed by atoms with Crippen LogP contribution < -0.4 is 0 Å². The topological polar surface area (TPSA) is 239 Å². The van der Waals surface area contributed by atoms with Crippen molar-refractivity contribution in [2.24, 2.45) is 45.3 Å². The number of rotatable bonds is 10. The Bertz CT molecular complexity index is 1400. The van der Waals surface area contributed by atoms with Gasteiger partial charge in [-0.15, -0.1) is 0 Å². The molecule has 0 aromatic heterocycles. The molecule has 0 bridgehead atoms. The number of ether oxygens (including phenoxy) is 4. The van der Waals surface area contributed by atoms with Crippen molar-refractivity contribution in [2.45, 2.75) is 192 Å². The Morgan fingerprint density at radius 2 is 1.23 bits per heavy atom. The summed E-state index contributed by atoms with van der Waals surface area (Å²) in [6.45, 7) is 15.6.